The minimum absolute atomic E-state index is 0.734. The van der Waals surface area contributed by atoms with Crippen LogP contribution in [0.1, 0.15) is 39.0 Å². The zero-order chi connectivity index (χ0) is 14.9. The molecule has 2 aliphatic rings. The van der Waals surface area contributed by atoms with Crippen molar-refractivity contribution in [3.05, 3.63) is 60.3 Å². The number of rotatable bonds is 6. The van der Waals surface area contributed by atoms with Crippen LogP contribution in [0.3, 0.4) is 0 Å². The largest absolute Gasteiger partial charge is 0.299 e. The lowest BCUT2D eigenvalue weighted by Crippen LogP contribution is -2.34. The van der Waals surface area contributed by atoms with Crippen molar-refractivity contribution < 1.29 is 0 Å². The third-order valence-corrected chi connectivity index (χ3v) is 4.35. The van der Waals surface area contributed by atoms with E-state index in [4.69, 9.17) is 0 Å². The van der Waals surface area contributed by atoms with Crippen LogP contribution >= 0.6 is 0 Å². The fourth-order valence-corrected chi connectivity index (χ4v) is 3.05. The molecule has 21 heavy (non-hydrogen) atoms. The Hall–Kier alpha value is -1.34. The van der Waals surface area contributed by atoms with E-state index >= 15 is 0 Å². The molecular weight excluding hydrogens is 254 g/mol. The molecule has 0 spiro atoms. The van der Waals surface area contributed by atoms with Gasteiger partial charge in [-0.1, -0.05) is 56.0 Å². The summed E-state index contributed by atoms with van der Waals surface area (Å²) >= 11 is 0. The quantitative estimate of drug-likeness (QED) is 0.616. The van der Waals surface area contributed by atoms with Gasteiger partial charge in [0.25, 0.3) is 0 Å². The predicted molar refractivity (Wildman–Crippen MR) is 93.3 cm³/mol. The van der Waals surface area contributed by atoms with Crippen molar-refractivity contribution in [2.75, 3.05) is 19.6 Å². The molecule has 0 aromatic heterocycles. The molecule has 0 aromatic carbocycles. The fourth-order valence-electron chi connectivity index (χ4n) is 3.05. The summed E-state index contributed by atoms with van der Waals surface area (Å²) in [6.45, 7) is 9.64. The minimum Gasteiger partial charge on any atom is -0.299 e. The molecule has 2 rings (SSSR count). The molecule has 1 aliphatic carbocycles. The summed E-state index contributed by atoms with van der Waals surface area (Å²) in [5, 5.41) is 0. The normalized spacial score (nSPS) is 21.8. The van der Waals surface area contributed by atoms with E-state index in [1.54, 1.807) is 0 Å². The Labute approximate surface area is 130 Å². The Morgan fingerprint density at radius 2 is 2.14 bits per heavy atom. The number of allylic oxidation sites excluding steroid dienone is 7. The van der Waals surface area contributed by atoms with E-state index in [1.807, 2.05) is 6.08 Å². The van der Waals surface area contributed by atoms with E-state index in [0.29, 0.717) is 0 Å². The molecule has 1 aliphatic heterocycles. The lowest BCUT2D eigenvalue weighted by molar-refractivity contribution is 0.219. The van der Waals surface area contributed by atoms with Crippen LogP contribution in [0.25, 0.3) is 0 Å². The standard InChI is InChI=1S/C20H29N/c1-3-8-18(4-2)11-12-19-13-15-21(16-14-19)17-20-9-6-5-7-10-20/h4,6,8-12,19H,2-3,5,7,13-17H2,1H3/b12-11+,18-8+. The second kappa shape index (κ2) is 8.84. The monoisotopic (exact) mass is 283 g/mol. The highest BCUT2D eigenvalue weighted by Gasteiger charge is 2.17. The van der Waals surface area contributed by atoms with Gasteiger partial charge >= 0.3 is 0 Å². The SMILES string of the molecule is C=CC(/C=C/C1CCN(CC2=CCCC=C2)CC1)=C\CC. The van der Waals surface area contributed by atoms with Crippen molar-refractivity contribution >= 4 is 0 Å². The van der Waals surface area contributed by atoms with Gasteiger partial charge in [-0.15, -0.1) is 0 Å². The van der Waals surface area contributed by atoms with E-state index in [1.165, 1.54) is 49.9 Å². The van der Waals surface area contributed by atoms with Gasteiger partial charge in [-0.05, 0) is 62.3 Å². The molecule has 0 bridgehead atoms. The molecule has 0 unspecified atom stereocenters. The minimum atomic E-state index is 0.734. The summed E-state index contributed by atoms with van der Waals surface area (Å²) < 4.78 is 0. The summed E-state index contributed by atoms with van der Waals surface area (Å²) in [6.07, 6.45) is 21.9. The molecule has 1 fully saturated rings. The Morgan fingerprint density at radius 1 is 1.33 bits per heavy atom. The summed E-state index contributed by atoms with van der Waals surface area (Å²) in [4.78, 5) is 2.60. The molecule has 1 nitrogen and oxygen atoms in total. The maximum atomic E-state index is 3.88. The lowest BCUT2D eigenvalue weighted by atomic mass is 9.95. The van der Waals surface area contributed by atoms with Gasteiger partial charge in [-0.3, -0.25) is 4.90 Å². The van der Waals surface area contributed by atoms with Crippen LogP contribution in [0.4, 0.5) is 0 Å². The molecular formula is C20H29N. The molecule has 0 radical (unpaired) electrons. The summed E-state index contributed by atoms with van der Waals surface area (Å²) in [6, 6.07) is 0. The van der Waals surface area contributed by atoms with Crippen molar-refractivity contribution in [2.45, 2.75) is 39.0 Å². The highest BCUT2D eigenvalue weighted by Crippen LogP contribution is 2.21. The van der Waals surface area contributed by atoms with Crippen LogP contribution in [-0.4, -0.2) is 24.5 Å². The fraction of sp³-hybridized carbons (Fsp3) is 0.500. The Balaban J connectivity index is 1.76. The zero-order valence-corrected chi connectivity index (χ0v) is 13.4. The first-order valence-corrected chi connectivity index (χ1v) is 8.40. The molecule has 0 amide bonds. The maximum absolute atomic E-state index is 3.88. The number of hydrogen-bond donors (Lipinski definition) is 0. The molecule has 1 saturated heterocycles. The third kappa shape index (κ3) is 5.51. The number of hydrogen-bond acceptors (Lipinski definition) is 1. The van der Waals surface area contributed by atoms with Crippen LogP contribution in [0.5, 0.6) is 0 Å². The van der Waals surface area contributed by atoms with E-state index in [9.17, 15) is 0 Å². The van der Waals surface area contributed by atoms with Crippen molar-refractivity contribution in [1.29, 1.82) is 0 Å². The van der Waals surface area contributed by atoms with E-state index in [2.05, 4.69) is 54.9 Å². The van der Waals surface area contributed by atoms with E-state index in [-0.39, 0.29) is 0 Å². The number of nitrogens with zero attached hydrogens (tertiary/aromatic N) is 1. The van der Waals surface area contributed by atoms with Gasteiger partial charge in [-0.2, -0.15) is 0 Å². The Morgan fingerprint density at radius 3 is 2.76 bits per heavy atom. The van der Waals surface area contributed by atoms with Crippen molar-refractivity contribution in [3.63, 3.8) is 0 Å². The van der Waals surface area contributed by atoms with E-state index < -0.39 is 0 Å². The average molecular weight is 283 g/mol. The summed E-state index contributed by atoms with van der Waals surface area (Å²) in [5.74, 6) is 0.734. The zero-order valence-electron chi connectivity index (χ0n) is 13.4. The average Bonchev–Trinajstić information content (AvgIpc) is 2.54. The second-order valence-corrected chi connectivity index (χ2v) is 6.05. The molecule has 0 atom stereocenters. The summed E-state index contributed by atoms with van der Waals surface area (Å²) in [7, 11) is 0. The van der Waals surface area contributed by atoms with Crippen LogP contribution in [-0.2, 0) is 0 Å². The lowest BCUT2D eigenvalue weighted by Gasteiger charge is -2.31. The van der Waals surface area contributed by atoms with Gasteiger partial charge in [0.15, 0.2) is 0 Å². The van der Waals surface area contributed by atoms with Gasteiger partial charge in [0.1, 0.15) is 0 Å². The number of likely N-dealkylation sites (tertiary alicyclic amines) is 1. The maximum Gasteiger partial charge on any atom is 0.0230 e. The molecule has 1 heterocycles. The topological polar surface area (TPSA) is 3.24 Å². The highest BCUT2D eigenvalue weighted by molar-refractivity contribution is 5.29. The van der Waals surface area contributed by atoms with Crippen molar-refractivity contribution in [1.82, 2.24) is 4.90 Å². The smallest absolute Gasteiger partial charge is 0.0230 e. The van der Waals surface area contributed by atoms with Crippen molar-refractivity contribution in [2.24, 2.45) is 5.92 Å². The van der Waals surface area contributed by atoms with Crippen LogP contribution in [0.2, 0.25) is 0 Å². The predicted octanol–water partition coefficient (Wildman–Crippen LogP) is 5.05. The van der Waals surface area contributed by atoms with Gasteiger partial charge in [0.2, 0.25) is 0 Å². The van der Waals surface area contributed by atoms with Gasteiger partial charge in [0.05, 0.1) is 0 Å². The van der Waals surface area contributed by atoms with Gasteiger partial charge in [-0.25, -0.2) is 0 Å². The van der Waals surface area contributed by atoms with E-state index in [0.717, 1.165) is 18.9 Å². The van der Waals surface area contributed by atoms with Crippen LogP contribution in [0, 0.1) is 5.92 Å². The summed E-state index contributed by atoms with van der Waals surface area (Å²) in [5.41, 5.74) is 2.77. The first-order valence-electron chi connectivity index (χ1n) is 8.40. The van der Waals surface area contributed by atoms with Crippen molar-refractivity contribution in [3.8, 4) is 0 Å². The third-order valence-electron chi connectivity index (χ3n) is 4.35. The Kier molecular flexibility index (Phi) is 6.75. The van der Waals surface area contributed by atoms with Crippen LogP contribution in [0.15, 0.2) is 60.3 Å². The molecule has 0 aromatic rings. The van der Waals surface area contributed by atoms with Gasteiger partial charge < -0.3 is 0 Å². The highest BCUT2D eigenvalue weighted by atomic mass is 15.1. The Bertz CT molecular complexity index is 442. The molecule has 0 saturated carbocycles. The van der Waals surface area contributed by atoms with Crippen LogP contribution < -0.4 is 0 Å². The van der Waals surface area contributed by atoms with Gasteiger partial charge in [0, 0.05) is 6.54 Å². The molecule has 0 N–H and O–H groups in total. The molecule has 114 valence electrons. The first kappa shape index (κ1) is 16.0. The molecule has 1 heteroatoms. The first-order chi connectivity index (χ1) is 10.3. The second-order valence-electron chi connectivity index (χ2n) is 6.05. The number of piperidine rings is 1.